The quantitative estimate of drug-likeness (QED) is 0.746. The molecule has 0 saturated carbocycles. The number of nitrogens with one attached hydrogen (secondary N) is 1. The Morgan fingerprint density at radius 3 is 2.62 bits per heavy atom. The fourth-order valence-electron chi connectivity index (χ4n) is 1.12. The second-order valence-corrected chi connectivity index (χ2v) is 4.32. The van der Waals surface area contributed by atoms with Gasteiger partial charge in [0.2, 0.25) is 0 Å². The van der Waals surface area contributed by atoms with Crippen LogP contribution in [0.25, 0.3) is 0 Å². The van der Waals surface area contributed by atoms with Crippen LogP contribution in [0.2, 0.25) is 0 Å². The summed E-state index contributed by atoms with van der Waals surface area (Å²) in [5.41, 5.74) is 1.28. The lowest BCUT2D eigenvalue weighted by Crippen LogP contribution is -2.11. The number of hydrogen-bond acceptors (Lipinski definition) is 2. The molecule has 0 aromatic carbocycles. The Hall–Kier alpha value is -0.830. The van der Waals surface area contributed by atoms with Crippen molar-refractivity contribution in [2.75, 3.05) is 6.61 Å². The SMILES string of the molecule is CC(C)(C)c1cnc(CCCO)[nH]1. The molecule has 0 aliphatic heterocycles. The van der Waals surface area contributed by atoms with Crippen LogP contribution in [-0.2, 0) is 11.8 Å². The van der Waals surface area contributed by atoms with Crippen molar-refractivity contribution in [1.29, 1.82) is 0 Å². The number of aliphatic hydroxyl groups excluding tert-OH is 1. The summed E-state index contributed by atoms with van der Waals surface area (Å²) in [5, 5.41) is 8.65. The topological polar surface area (TPSA) is 48.9 Å². The van der Waals surface area contributed by atoms with Crippen molar-refractivity contribution in [1.82, 2.24) is 9.97 Å². The van der Waals surface area contributed by atoms with Crippen LogP contribution < -0.4 is 0 Å². The molecule has 0 unspecified atom stereocenters. The minimum absolute atomic E-state index is 0.129. The first-order valence-electron chi connectivity index (χ1n) is 4.69. The summed E-state index contributed by atoms with van der Waals surface area (Å²) in [6, 6.07) is 0. The maximum Gasteiger partial charge on any atom is 0.106 e. The number of aromatic nitrogens is 2. The van der Waals surface area contributed by atoms with Gasteiger partial charge in [-0.25, -0.2) is 4.98 Å². The largest absolute Gasteiger partial charge is 0.396 e. The summed E-state index contributed by atoms with van der Waals surface area (Å²) >= 11 is 0. The molecule has 0 saturated heterocycles. The van der Waals surface area contributed by atoms with Gasteiger partial charge in [-0.2, -0.15) is 0 Å². The Bertz CT molecular complexity index is 260. The normalized spacial score (nSPS) is 12.0. The van der Waals surface area contributed by atoms with E-state index < -0.39 is 0 Å². The lowest BCUT2D eigenvalue weighted by Gasteiger charge is -2.15. The van der Waals surface area contributed by atoms with E-state index in [2.05, 4.69) is 30.7 Å². The molecular weight excluding hydrogens is 164 g/mol. The molecular formula is C10H18N2O. The number of nitrogens with zero attached hydrogens (tertiary/aromatic N) is 1. The lowest BCUT2D eigenvalue weighted by molar-refractivity contribution is 0.287. The van der Waals surface area contributed by atoms with Gasteiger partial charge in [0.25, 0.3) is 0 Å². The van der Waals surface area contributed by atoms with Gasteiger partial charge in [-0.3, -0.25) is 0 Å². The Labute approximate surface area is 79.2 Å². The van der Waals surface area contributed by atoms with Crippen LogP contribution in [0.4, 0.5) is 0 Å². The van der Waals surface area contributed by atoms with E-state index in [1.807, 2.05) is 6.20 Å². The van der Waals surface area contributed by atoms with E-state index in [0.29, 0.717) is 0 Å². The van der Waals surface area contributed by atoms with E-state index >= 15 is 0 Å². The molecule has 1 aromatic heterocycles. The molecule has 1 aromatic rings. The van der Waals surface area contributed by atoms with Gasteiger partial charge in [-0.15, -0.1) is 0 Å². The van der Waals surface area contributed by atoms with Crippen LogP contribution in [0, 0.1) is 0 Å². The third-order valence-electron chi connectivity index (χ3n) is 2.01. The van der Waals surface area contributed by atoms with Crippen molar-refractivity contribution in [3.05, 3.63) is 17.7 Å². The number of imidazole rings is 1. The van der Waals surface area contributed by atoms with Gasteiger partial charge in [-0.1, -0.05) is 20.8 Å². The first-order valence-corrected chi connectivity index (χ1v) is 4.69. The van der Waals surface area contributed by atoms with Crippen molar-refractivity contribution in [2.24, 2.45) is 0 Å². The number of H-pyrrole nitrogens is 1. The Kier molecular flexibility index (Phi) is 3.09. The Morgan fingerprint density at radius 2 is 2.15 bits per heavy atom. The van der Waals surface area contributed by atoms with E-state index in [4.69, 9.17) is 5.11 Å². The maximum atomic E-state index is 8.65. The van der Waals surface area contributed by atoms with Gasteiger partial charge >= 0.3 is 0 Å². The molecule has 74 valence electrons. The second kappa shape index (κ2) is 3.92. The molecule has 13 heavy (non-hydrogen) atoms. The number of hydrogen-bond donors (Lipinski definition) is 2. The highest BCUT2D eigenvalue weighted by atomic mass is 16.2. The average Bonchev–Trinajstić information content (AvgIpc) is 2.47. The molecule has 0 atom stereocenters. The third-order valence-corrected chi connectivity index (χ3v) is 2.01. The molecule has 1 heterocycles. The zero-order valence-corrected chi connectivity index (χ0v) is 8.59. The summed E-state index contributed by atoms with van der Waals surface area (Å²) in [5.74, 6) is 0.971. The Balaban J connectivity index is 2.64. The fourth-order valence-corrected chi connectivity index (χ4v) is 1.12. The highest BCUT2D eigenvalue weighted by molar-refractivity contribution is 5.11. The first-order chi connectivity index (χ1) is 6.04. The van der Waals surface area contributed by atoms with Crippen molar-refractivity contribution in [2.45, 2.75) is 39.0 Å². The molecule has 0 aliphatic rings. The molecule has 3 heteroatoms. The molecule has 3 nitrogen and oxygen atoms in total. The average molecular weight is 182 g/mol. The van der Waals surface area contributed by atoms with Gasteiger partial charge < -0.3 is 10.1 Å². The maximum absolute atomic E-state index is 8.65. The minimum Gasteiger partial charge on any atom is -0.396 e. The van der Waals surface area contributed by atoms with Gasteiger partial charge in [0, 0.05) is 30.3 Å². The van der Waals surface area contributed by atoms with Crippen LogP contribution in [-0.4, -0.2) is 21.7 Å². The van der Waals surface area contributed by atoms with Crippen molar-refractivity contribution in [3.63, 3.8) is 0 Å². The molecule has 0 spiro atoms. The lowest BCUT2D eigenvalue weighted by atomic mass is 9.93. The van der Waals surface area contributed by atoms with Crippen LogP contribution >= 0.6 is 0 Å². The van der Waals surface area contributed by atoms with Crippen LogP contribution in [0.1, 0.15) is 38.7 Å². The smallest absolute Gasteiger partial charge is 0.106 e. The van der Waals surface area contributed by atoms with Crippen molar-refractivity contribution in [3.8, 4) is 0 Å². The third kappa shape index (κ3) is 2.84. The molecule has 0 fully saturated rings. The number of rotatable bonds is 3. The summed E-state index contributed by atoms with van der Waals surface area (Å²) in [6.07, 6.45) is 3.48. The number of aliphatic hydroxyl groups is 1. The monoisotopic (exact) mass is 182 g/mol. The van der Waals surface area contributed by atoms with E-state index in [0.717, 1.165) is 24.4 Å². The van der Waals surface area contributed by atoms with E-state index in [1.165, 1.54) is 0 Å². The highest BCUT2D eigenvalue weighted by Gasteiger charge is 2.15. The molecule has 0 radical (unpaired) electrons. The van der Waals surface area contributed by atoms with Crippen LogP contribution in [0.5, 0.6) is 0 Å². The Morgan fingerprint density at radius 1 is 1.46 bits per heavy atom. The first kappa shape index (κ1) is 10.3. The van der Waals surface area contributed by atoms with Crippen molar-refractivity contribution >= 4 is 0 Å². The van der Waals surface area contributed by atoms with E-state index in [1.54, 1.807) is 0 Å². The number of aromatic amines is 1. The van der Waals surface area contributed by atoms with Crippen LogP contribution in [0.3, 0.4) is 0 Å². The zero-order chi connectivity index (χ0) is 9.90. The predicted molar refractivity (Wildman–Crippen MR) is 52.7 cm³/mol. The van der Waals surface area contributed by atoms with Gasteiger partial charge in [0.05, 0.1) is 0 Å². The van der Waals surface area contributed by atoms with Crippen LogP contribution in [0.15, 0.2) is 6.20 Å². The summed E-state index contributed by atoms with van der Waals surface area (Å²) in [4.78, 5) is 7.52. The van der Waals surface area contributed by atoms with Gasteiger partial charge in [0.15, 0.2) is 0 Å². The predicted octanol–water partition coefficient (Wildman–Crippen LogP) is 1.63. The number of aryl methyl sites for hydroxylation is 1. The van der Waals surface area contributed by atoms with Gasteiger partial charge in [-0.05, 0) is 6.42 Å². The minimum atomic E-state index is 0.129. The summed E-state index contributed by atoms with van der Waals surface area (Å²) in [7, 11) is 0. The summed E-state index contributed by atoms with van der Waals surface area (Å²) in [6.45, 7) is 6.68. The highest BCUT2D eigenvalue weighted by Crippen LogP contribution is 2.19. The van der Waals surface area contributed by atoms with E-state index in [9.17, 15) is 0 Å². The molecule has 0 amide bonds. The second-order valence-electron chi connectivity index (χ2n) is 4.32. The molecule has 0 aliphatic carbocycles. The standard InChI is InChI=1S/C10H18N2O/c1-10(2,3)8-7-11-9(12-8)5-4-6-13/h7,13H,4-6H2,1-3H3,(H,11,12). The summed E-state index contributed by atoms with van der Waals surface area (Å²) < 4.78 is 0. The fraction of sp³-hybridized carbons (Fsp3) is 0.700. The molecule has 1 rings (SSSR count). The van der Waals surface area contributed by atoms with E-state index in [-0.39, 0.29) is 12.0 Å². The van der Waals surface area contributed by atoms with Crippen molar-refractivity contribution < 1.29 is 5.11 Å². The molecule has 2 N–H and O–H groups in total. The zero-order valence-electron chi connectivity index (χ0n) is 8.59. The molecule has 0 bridgehead atoms. The van der Waals surface area contributed by atoms with Gasteiger partial charge in [0.1, 0.15) is 5.82 Å².